The van der Waals surface area contributed by atoms with Crippen LogP contribution in [0.2, 0.25) is 5.15 Å². The maximum absolute atomic E-state index is 14.1. The lowest BCUT2D eigenvalue weighted by Crippen LogP contribution is -2.35. The van der Waals surface area contributed by atoms with Crippen LogP contribution in [0.15, 0.2) is 95.2 Å². The summed E-state index contributed by atoms with van der Waals surface area (Å²) >= 11 is 7.27. The third kappa shape index (κ3) is 7.43. The summed E-state index contributed by atoms with van der Waals surface area (Å²) in [4.78, 5) is 21.0. The Labute approximate surface area is 282 Å². The van der Waals surface area contributed by atoms with E-state index in [0.717, 1.165) is 34.9 Å². The van der Waals surface area contributed by atoms with Crippen LogP contribution in [0.25, 0.3) is 11.1 Å². The molecule has 10 nitrogen and oxygen atoms in total. The number of hydrogen-bond acceptors (Lipinski definition) is 9. The van der Waals surface area contributed by atoms with Crippen molar-refractivity contribution < 1.29 is 23.1 Å². The number of morpholine rings is 1. The highest BCUT2D eigenvalue weighted by Crippen LogP contribution is 2.37. The minimum Gasteiger partial charge on any atom is -0.390 e. The van der Waals surface area contributed by atoms with Crippen molar-refractivity contribution in [3.63, 3.8) is 0 Å². The first-order valence-electron chi connectivity index (χ1n) is 15.0. The van der Waals surface area contributed by atoms with Gasteiger partial charge in [0.15, 0.2) is 5.15 Å². The molecule has 1 aliphatic heterocycles. The van der Waals surface area contributed by atoms with E-state index in [9.17, 15) is 18.3 Å². The van der Waals surface area contributed by atoms with Crippen LogP contribution in [0, 0.1) is 0 Å². The normalized spacial score (nSPS) is 14.0. The first-order chi connectivity index (χ1) is 22.7. The van der Waals surface area contributed by atoms with Crippen LogP contribution in [-0.4, -0.2) is 60.2 Å². The molecule has 1 fully saturated rings. The number of benzene rings is 3. The molecular formula is C34H34ClN5O5S2. The second-order valence-electron chi connectivity index (χ2n) is 11.2. The number of imidazole rings is 1. The Morgan fingerprint density at radius 1 is 0.979 bits per heavy atom. The molecule has 0 bridgehead atoms. The SMILES string of the molecule is Nc1nc(Cl)c(CO)n1Cc1ccc(-c2cc(CN3CCOCC3)sc2S(=O)(=O)NC(=O)C(c2ccccc2)c2ccccc2)cc1. The average molecular weight is 692 g/mol. The molecule has 0 saturated carbocycles. The predicted molar refractivity (Wildman–Crippen MR) is 183 cm³/mol. The molecule has 0 aliphatic carbocycles. The average Bonchev–Trinajstić information content (AvgIpc) is 3.62. The van der Waals surface area contributed by atoms with Crippen LogP contribution < -0.4 is 10.5 Å². The minimum atomic E-state index is -4.29. The summed E-state index contributed by atoms with van der Waals surface area (Å²) in [5.74, 6) is -1.28. The number of sulfonamides is 1. The number of nitrogens with one attached hydrogen (secondary N) is 1. The smallest absolute Gasteiger partial charge is 0.274 e. The molecule has 0 unspecified atom stereocenters. The van der Waals surface area contributed by atoms with Gasteiger partial charge in [0.2, 0.25) is 11.9 Å². The number of halogens is 1. The maximum atomic E-state index is 14.1. The lowest BCUT2D eigenvalue weighted by Gasteiger charge is -2.25. The number of aliphatic hydroxyl groups excluding tert-OH is 1. The van der Waals surface area contributed by atoms with Gasteiger partial charge in [-0.05, 0) is 28.3 Å². The molecule has 4 N–H and O–H groups in total. The Balaban J connectivity index is 1.33. The quantitative estimate of drug-likeness (QED) is 0.179. The third-order valence-corrected chi connectivity index (χ3v) is 11.4. The zero-order valence-electron chi connectivity index (χ0n) is 25.4. The molecule has 6 rings (SSSR count). The Kier molecular flexibility index (Phi) is 10.1. The molecule has 244 valence electrons. The van der Waals surface area contributed by atoms with Crippen molar-refractivity contribution in [2.75, 3.05) is 32.0 Å². The van der Waals surface area contributed by atoms with Crippen molar-refractivity contribution in [2.45, 2.75) is 29.8 Å². The molecule has 1 saturated heterocycles. The number of aliphatic hydroxyl groups is 1. The summed E-state index contributed by atoms with van der Waals surface area (Å²) in [5, 5.41) is 9.88. The maximum Gasteiger partial charge on any atom is 0.274 e. The van der Waals surface area contributed by atoms with Crippen molar-refractivity contribution in [3.8, 4) is 11.1 Å². The van der Waals surface area contributed by atoms with Crippen molar-refractivity contribution in [2.24, 2.45) is 0 Å². The third-order valence-electron chi connectivity index (χ3n) is 8.05. The summed E-state index contributed by atoms with van der Waals surface area (Å²) in [5.41, 5.74) is 9.82. The predicted octanol–water partition coefficient (Wildman–Crippen LogP) is 4.86. The number of rotatable bonds is 11. The number of nitrogens with zero attached hydrogens (tertiary/aromatic N) is 3. The molecule has 0 radical (unpaired) electrons. The number of amides is 1. The van der Waals surface area contributed by atoms with E-state index in [1.54, 1.807) is 4.57 Å². The second kappa shape index (κ2) is 14.4. The fraction of sp³-hybridized carbons (Fsp3) is 0.235. The van der Waals surface area contributed by atoms with Gasteiger partial charge in [-0.3, -0.25) is 9.69 Å². The van der Waals surface area contributed by atoms with Gasteiger partial charge in [-0.2, -0.15) is 0 Å². The van der Waals surface area contributed by atoms with E-state index in [1.807, 2.05) is 91.0 Å². The van der Waals surface area contributed by atoms with E-state index in [-0.39, 0.29) is 21.9 Å². The molecule has 1 amide bonds. The summed E-state index contributed by atoms with van der Waals surface area (Å²) in [6.45, 7) is 3.28. The second-order valence-corrected chi connectivity index (χ2v) is 14.5. The minimum absolute atomic E-state index is 0.0648. The summed E-state index contributed by atoms with van der Waals surface area (Å²) in [7, 11) is -4.29. The van der Waals surface area contributed by atoms with Crippen LogP contribution in [0.5, 0.6) is 0 Å². The number of anilines is 1. The fourth-order valence-corrected chi connectivity index (χ4v) is 8.70. The monoisotopic (exact) mass is 691 g/mol. The van der Waals surface area contributed by atoms with E-state index in [0.29, 0.717) is 54.3 Å². The van der Waals surface area contributed by atoms with Gasteiger partial charge in [-0.1, -0.05) is 96.5 Å². The number of thiophene rings is 1. The van der Waals surface area contributed by atoms with Gasteiger partial charge in [-0.25, -0.2) is 18.1 Å². The standard InChI is InChI=1S/C34H34ClN5O5S2/c35-31-29(22-41)40(34(36)37-31)20-23-11-13-24(14-12-23)28-19-27(21-39-15-17-45-18-16-39)46-33(28)47(43,44)38-32(42)30(25-7-3-1-4-8-25)26-9-5-2-6-10-26/h1-14,19,30,41H,15-18,20-22H2,(H2,36,37)(H,38,42). The summed E-state index contributed by atoms with van der Waals surface area (Å²) in [6.07, 6.45) is 0. The number of nitrogens with two attached hydrogens (primary N) is 1. The first-order valence-corrected chi connectivity index (χ1v) is 17.7. The molecule has 0 spiro atoms. The number of carbonyl (C=O) groups excluding carboxylic acids is 1. The number of hydrogen-bond donors (Lipinski definition) is 3. The molecule has 13 heteroatoms. The Bertz CT molecular complexity index is 1900. The molecular weight excluding hydrogens is 658 g/mol. The molecule has 1 aliphatic rings. The Hall–Kier alpha value is -4.04. The van der Waals surface area contributed by atoms with E-state index >= 15 is 0 Å². The van der Waals surface area contributed by atoms with Gasteiger partial charge in [-0.15, -0.1) is 11.3 Å². The lowest BCUT2D eigenvalue weighted by molar-refractivity contribution is -0.119. The molecule has 3 aromatic carbocycles. The van der Waals surface area contributed by atoms with E-state index < -0.39 is 21.8 Å². The van der Waals surface area contributed by atoms with Gasteiger partial charge >= 0.3 is 0 Å². The van der Waals surface area contributed by atoms with E-state index in [1.165, 1.54) is 0 Å². The van der Waals surface area contributed by atoms with Crippen LogP contribution in [0.3, 0.4) is 0 Å². The summed E-state index contributed by atoms with van der Waals surface area (Å²) < 4.78 is 37.8. The van der Waals surface area contributed by atoms with Crippen molar-refractivity contribution >= 4 is 44.8 Å². The van der Waals surface area contributed by atoms with Crippen LogP contribution in [0.4, 0.5) is 5.95 Å². The molecule has 2 aromatic heterocycles. The van der Waals surface area contributed by atoms with Crippen LogP contribution in [0.1, 0.15) is 33.2 Å². The lowest BCUT2D eigenvalue weighted by atomic mass is 9.91. The fourth-order valence-electron chi connectivity index (χ4n) is 5.68. The number of nitrogen functional groups attached to an aromatic ring is 1. The van der Waals surface area contributed by atoms with Gasteiger partial charge < -0.3 is 20.1 Å². The van der Waals surface area contributed by atoms with Gasteiger partial charge in [0.05, 0.1) is 38.0 Å². The number of ether oxygens (including phenoxy) is 1. The van der Waals surface area contributed by atoms with Gasteiger partial charge in [0.25, 0.3) is 10.0 Å². The molecule has 0 atom stereocenters. The highest BCUT2D eigenvalue weighted by Gasteiger charge is 2.31. The van der Waals surface area contributed by atoms with Gasteiger partial charge in [0.1, 0.15) is 4.21 Å². The largest absolute Gasteiger partial charge is 0.390 e. The highest BCUT2D eigenvalue weighted by molar-refractivity contribution is 7.92. The van der Waals surface area contributed by atoms with Crippen LogP contribution in [-0.2, 0) is 39.3 Å². The molecule has 47 heavy (non-hydrogen) atoms. The number of carbonyl (C=O) groups is 1. The molecule has 3 heterocycles. The van der Waals surface area contributed by atoms with Crippen molar-refractivity contribution in [1.82, 2.24) is 19.2 Å². The van der Waals surface area contributed by atoms with Crippen LogP contribution >= 0.6 is 22.9 Å². The number of aromatic nitrogens is 2. The Morgan fingerprint density at radius 2 is 1.60 bits per heavy atom. The van der Waals surface area contributed by atoms with Gasteiger partial charge in [0, 0.05) is 30.1 Å². The Morgan fingerprint density at radius 3 is 2.19 bits per heavy atom. The molecule has 5 aromatic rings. The van der Waals surface area contributed by atoms with E-state index in [2.05, 4.69) is 14.6 Å². The summed E-state index contributed by atoms with van der Waals surface area (Å²) in [6, 6.07) is 27.5. The van der Waals surface area contributed by atoms with Crippen molar-refractivity contribution in [1.29, 1.82) is 0 Å². The van der Waals surface area contributed by atoms with E-state index in [4.69, 9.17) is 22.1 Å². The highest BCUT2D eigenvalue weighted by atomic mass is 35.5. The van der Waals surface area contributed by atoms with Crippen molar-refractivity contribution in [3.05, 3.63) is 123 Å². The zero-order chi connectivity index (χ0) is 33.0. The zero-order valence-corrected chi connectivity index (χ0v) is 27.8. The first kappa shape index (κ1) is 32.9. The topological polar surface area (TPSA) is 140 Å².